The third-order valence-corrected chi connectivity index (χ3v) is 7.23. The Labute approximate surface area is 157 Å². The average Bonchev–Trinajstić information content (AvgIpc) is 2.86. The fraction of sp³-hybridized carbons (Fsp3) is 0.368. The summed E-state index contributed by atoms with van der Waals surface area (Å²) in [5.41, 5.74) is 5.10. The molecule has 0 unspecified atom stereocenters. The molecule has 3 rings (SSSR count). The van der Waals surface area contributed by atoms with Crippen molar-refractivity contribution >= 4 is 41.2 Å². The maximum Gasteiger partial charge on any atom is 0.248 e. The number of hydrogen-bond donors (Lipinski definition) is 1. The molecule has 1 aromatic carbocycles. The van der Waals surface area contributed by atoms with Gasteiger partial charge in [-0.25, -0.2) is 0 Å². The predicted octanol–water partition coefficient (Wildman–Crippen LogP) is 4.56. The topological polar surface area (TPSA) is 46.9 Å². The van der Waals surface area contributed by atoms with Crippen molar-refractivity contribution in [2.75, 3.05) is 16.8 Å². The molecule has 1 aliphatic heterocycles. The third kappa shape index (κ3) is 4.50. The van der Waals surface area contributed by atoms with Gasteiger partial charge in [0.1, 0.15) is 0 Å². The highest BCUT2D eigenvalue weighted by Gasteiger charge is 2.16. The highest BCUT2D eigenvalue weighted by molar-refractivity contribution is 8.16. The highest BCUT2D eigenvalue weighted by atomic mass is 32.2. The molecule has 2 aromatic rings. The number of aryl methyl sites for hydroxylation is 2. The van der Waals surface area contributed by atoms with Crippen molar-refractivity contribution in [3.63, 3.8) is 0 Å². The van der Waals surface area contributed by atoms with E-state index >= 15 is 0 Å². The first kappa shape index (κ1) is 18.1. The second-order valence-electron chi connectivity index (χ2n) is 6.08. The average molecular weight is 374 g/mol. The van der Waals surface area contributed by atoms with Crippen LogP contribution >= 0.6 is 23.5 Å². The van der Waals surface area contributed by atoms with Gasteiger partial charge >= 0.3 is 0 Å². The Morgan fingerprint density at radius 2 is 2.08 bits per heavy atom. The van der Waals surface area contributed by atoms with Gasteiger partial charge in [0.15, 0.2) is 0 Å². The van der Waals surface area contributed by atoms with Crippen LogP contribution in [-0.2, 0) is 11.8 Å². The second-order valence-corrected chi connectivity index (χ2v) is 8.81. The number of carbonyl (C=O) groups is 1. The Hall–Kier alpha value is -1.66. The zero-order chi connectivity index (χ0) is 17.8. The number of nitrogens with one attached hydrogen (secondary N) is 1. The lowest BCUT2D eigenvalue weighted by atomic mass is 10.2. The molecule has 25 heavy (non-hydrogen) atoms. The van der Waals surface area contributed by atoms with Crippen molar-refractivity contribution < 1.29 is 4.79 Å². The summed E-state index contributed by atoms with van der Waals surface area (Å²) < 4.78 is 2.30. The van der Waals surface area contributed by atoms with Gasteiger partial charge in [0.2, 0.25) is 5.91 Å². The molecule has 0 spiro atoms. The van der Waals surface area contributed by atoms with Crippen molar-refractivity contribution in [1.29, 1.82) is 0 Å². The van der Waals surface area contributed by atoms with Crippen molar-refractivity contribution in [3.05, 3.63) is 52.9 Å². The number of thioether (sulfide) groups is 2. The molecule has 1 fully saturated rings. The van der Waals surface area contributed by atoms with Crippen molar-refractivity contribution in [2.45, 2.75) is 24.9 Å². The van der Waals surface area contributed by atoms with Crippen LogP contribution in [0.3, 0.4) is 0 Å². The van der Waals surface area contributed by atoms with Gasteiger partial charge in [0.05, 0.1) is 10.3 Å². The van der Waals surface area contributed by atoms with E-state index in [2.05, 4.69) is 22.5 Å². The van der Waals surface area contributed by atoms with Crippen LogP contribution in [0.15, 0.2) is 30.3 Å². The van der Waals surface area contributed by atoms with Gasteiger partial charge in [-0.3, -0.25) is 9.48 Å². The Bertz CT molecular complexity index is 792. The van der Waals surface area contributed by atoms with Gasteiger partial charge in [0, 0.05) is 30.1 Å². The van der Waals surface area contributed by atoms with E-state index in [1.165, 1.54) is 23.5 Å². The quantitative estimate of drug-likeness (QED) is 0.798. The van der Waals surface area contributed by atoms with Crippen LogP contribution in [0.4, 0.5) is 5.69 Å². The minimum atomic E-state index is -0.122. The van der Waals surface area contributed by atoms with Crippen molar-refractivity contribution in [1.82, 2.24) is 9.78 Å². The molecule has 0 saturated carbocycles. The van der Waals surface area contributed by atoms with Crippen LogP contribution < -0.4 is 5.32 Å². The summed E-state index contributed by atoms with van der Waals surface area (Å²) in [6.07, 6.45) is 4.69. The van der Waals surface area contributed by atoms with Crippen LogP contribution in [0.5, 0.6) is 0 Å². The molecule has 4 nitrogen and oxygen atoms in total. The lowest BCUT2D eigenvalue weighted by Crippen LogP contribution is -2.08. The van der Waals surface area contributed by atoms with E-state index in [1.807, 2.05) is 67.3 Å². The van der Waals surface area contributed by atoms with E-state index in [1.54, 1.807) is 6.08 Å². The molecule has 0 radical (unpaired) electrons. The fourth-order valence-corrected chi connectivity index (χ4v) is 5.69. The Balaban J connectivity index is 1.67. The molecular formula is C19H23N3OS2. The monoisotopic (exact) mass is 373 g/mol. The first-order valence-electron chi connectivity index (χ1n) is 8.37. The molecule has 132 valence electrons. The molecule has 1 aromatic heterocycles. The predicted molar refractivity (Wildman–Crippen MR) is 109 cm³/mol. The van der Waals surface area contributed by atoms with E-state index in [9.17, 15) is 4.79 Å². The summed E-state index contributed by atoms with van der Waals surface area (Å²) in [5.74, 6) is 2.30. The summed E-state index contributed by atoms with van der Waals surface area (Å²) in [4.78, 5) is 12.3. The molecule has 0 bridgehead atoms. The van der Waals surface area contributed by atoms with Gasteiger partial charge in [-0.05, 0) is 55.5 Å². The number of benzene rings is 1. The summed E-state index contributed by atoms with van der Waals surface area (Å²) in [6, 6.07) is 8.18. The minimum absolute atomic E-state index is 0.122. The molecule has 2 heterocycles. The van der Waals surface area contributed by atoms with Gasteiger partial charge in [-0.1, -0.05) is 12.1 Å². The normalized spacial score (nSPS) is 15.6. The molecule has 0 aliphatic carbocycles. The van der Waals surface area contributed by atoms with Crippen LogP contribution in [-0.4, -0.2) is 27.2 Å². The summed E-state index contributed by atoms with van der Waals surface area (Å²) >= 11 is 3.97. The highest BCUT2D eigenvalue weighted by Crippen LogP contribution is 2.44. The Morgan fingerprint density at radius 1 is 1.32 bits per heavy atom. The van der Waals surface area contributed by atoms with Crippen LogP contribution in [0.2, 0.25) is 0 Å². The molecule has 1 N–H and O–H groups in total. The number of hydrogen-bond acceptors (Lipinski definition) is 4. The minimum Gasteiger partial charge on any atom is -0.323 e. The lowest BCUT2D eigenvalue weighted by molar-refractivity contribution is -0.111. The number of anilines is 1. The number of rotatable bonds is 4. The first-order chi connectivity index (χ1) is 12.0. The van der Waals surface area contributed by atoms with Crippen molar-refractivity contribution in [3.8, 4) is 0 Å². The fourth-order valence-electron chi connectivity index (χ4n) is 2.82. The Kier molecular flexibility index (Phi) is 5.91. The zero-order valence-corrected chi connectivity index (χ0v) is 16.4. The first-order valence-corrected chi connectivity index (χ1v) is 10.5. The van der Waals surface area contributed by atoms with Gasteiger partial charge in [-0.15, -0.1) is 23.5 Å². The van der Waals surface area contributed by atoms with Crippen LogP contribution in [0.25, 0.3) is 6.08 Å². The maximum atomic E-state index is 12.3. The summed E-state index contributed by atoms with van der Waals surface area (Å²) in [6.45, 7) is 3.95. The van der Waals surface area contributed by atoms with Gasteiger partial charge < -0.3 is 5.32 Å². The van der Waals surface area contributed by atoms with E-state index < -0.39 is 0 Å². The molecule has 6 heteroatoms. The number of aromatic nitrogens is 2. The summed E-state index contributed by atoms with van der Waals surface area (Å²) in [5, 5.41) is 7.33. The van der Waals surface area contributed by atoms with Gasteiger partial charge in [-0.2, -0.15) is 5.10 Å². The lowest BCUT2D eigenvalue weighted by Gasteiger charge is -2.21. The van der Waals surface area contributed by atoms with E-state index in [0.29, 0.717) is 4.58 Å². The standard InChI is InChI=1S/C19H23N3OS2/c1-13-17(14(2)22(3)21-13)8-9-18(23)20-16-7-4-6-15(12-16)19-24-10-5-11-25-19/h4,6-9,12,19H,5,10-11H2,1-3H3,(H,20,23)/b9-8+. The Morgan fingerprint density at radius 3 is 2.76 bits per heavy atom. The van der Waals surface area contributed by atoms with Gasteiger partial charge in [0.25, 0.3) is 0 Å². The number of nitrogens with zero attached hydrogens (tertiary/aromatic N) is 2. The largest absolute Gasteiger partial charge is 0.323 e. The molecule has 1 saturated heterocycles. The molecule has 1 amide bonds. The van der Waals surface area contributed by atoms with Crippen molar-refractivity contribution in [2.24, 2.45) is 7.05 Å². The summed E-state index contributed by atoms with van der Waals surface area (Å²) in [7, 11) is 1.91. The van der Waals surface area contributed by atoms with E-state index in [4.69, 9.17) is 0 Å². The SMILES string of the molecule is Cc1nn(C)c(C)c1/C=C/C(=O)Nc1cccc(C2SCCCS2)c1. The zero-order valence-electron chi connectivity index (χ0n) is 14.8. The smallest absolute Gasteiger partial charge is 0.248 e. The third-order valence-electron chi connectivity index (χ3n) is 4.22. The number of carbonyl (C=O) groups excluding carboxylic acids is 1. The van der Waals surface area contributed by atoms with E-state index in [0.717, 1.165) is 22.6 Å². The van der Waals surface area contributed by atoms with Crippen LogP contribution in [0, 0.1) is 13.8 Å². The molecule has 0 atom stereocenters. The van der Waals surface area contributed by atoms with Crippen LogP contribution in [0.1, 0.15) is 33.5 Å². The number of amides is 1. The van der Waals surface area contributed by atoms with E-state index in [-0.39, 0.29) is 5.91 Å². The maximum absolute atomic E-state index is 12.3. The molecule has 1 aliphatic rings. The molecular weight excluding hydrogens is 350 g/mol. The second kappa shape index (κ2) is 8.15.